The van der Waals surface area contributed by atoms with Crippen LogP contribution in [0.3, 0.4) is 0 Å². The Morgan fingerprint density at radius 2 is 1.24 bits per heavy atom. The molecular weight excluding hydrogens is 667 g/mol. The summed E-state index contributed by atoms with van der Waals surface area (Å²) < 4.78 is 38.9. The maximum absolute atomic E-state index is 13.0. The van der Waals surface area contributed by atoms with Gasteiger partial charge >= 0.3 is 6.18 Å². The van der Waals surface area contributed by atoms with Crippen molar-refractivity contribution in [2.45, 2.75) is 101 Å². The summed E-state index contributed by atoms with van der Waals surface area (Å²) in [6.45, 7) is 2.67. The van der Waals surface area contributed by atoms with Gasteiger partial charge in [0.25, 0.3) is 0 Å². The molecule has 3 aliphatic rings. The van der Waals surface area contributed by atoms with E-state index < -0.39 is 11.7 Å². The van der Waals surface area contributed by atoms with Crippen LogP contribution in [0.15, 0.2) is 78.9 Å². The fourth-order valence-corrected chi connectivity index (χ4v) is 7.71. The lowest BCUT2D eigenvalue weighted by Gasteiger charge is -2.27. The van der Waals surface area contributed by atoms with E-state index in [1.807, 2.05) is 0 Å². The van der Waals surface area contributed by atoms with E-state index in [2.05, 4.69) is 75.4 Å². The average Bonchev–Trinajstić information content (AvgIpc) is 3.09. The monoisotopic (exact) mass is 715 g/mol. The van der Waals surface area contributed by atoms with Crippen molar-refractivity contribution in [2.75, 3.05) is 25.0 Å². The van der Waals surface area contributed by atoms with Crippen molar-refractivity contribution < 1.29 is 13.2 Å². The highest BCUT2D eigenvalue weighted by Gasteiger charge is 2.30. The predicted molar refractivity (Wildman–Crippen MR) is 193 cm³/mol. The molecule has 6 heteroatoms. The zero-order chi connectivity index (χ0) is 31.5. The Hall–Kier alpha value is -2.08. The van der Waals surface area contributed by atoms with E-state index in [1.54, 1.807) is 11.6 Å². The molecule has 2 aliphatic carbocycles. The SMILES string of the molecule is BrCCc1ccc(C2CCCCC2)cc1.Cl.FC(F)(F)c1cccc(C2=CCN(CCc3ccc(C4CCCCC4)cc3)CC2)c1. The van der Waals surface area contributed by atoms with E-state index in [0.717, 1.165) is 67.7 Å². The van der Waals surface area contributed by atoms with E-state index in [-0.39, 0.29) is 12.4 Å². The Balaban J connectivity index is 0.000000253. The molecule has 0 atom stereocenters. The van der Waals surface area contributed by atoms with Crippen molar-refractivity contribution in [3.63, 3.8) is 0 Å². The van der Waals surface area contributed by atoms with Gasteiger partial charge in [0.15, 0.2) is 0 Å². The van der Waals surface area contributed by atoms with E-state index in [0.29, 0.717) is 5.56 Å². The van der Waals surface area contributed by atoms with Crippen LogP contribution in [-0.4, -0.2) is 29.9 Å². The molecule has 0 N–H and O–H groups in total. The number of halogens is 5. The number of nitrogens with zero attached hydrogens (tertiary/aromatic N) is 1. The van der Waals surface area contributed by atoms with Crippen LogP contribution in [0.1, 0.15) is 116 Å². The highest BCUT2D eigenvalue weighted by Crippen LogP contribution is 2.34. The number of alkyl halides is 4. The normalized spacial score (nSPS) is 18.2. The summed E-state index contributed by atoms with van der Waals surface area (Å²) in [5, 5.41) is 1.07. The van der Waals surface area contributed by atoms with Gasteiger partial charge in [-0.15, -0.1) is 12.4 Å². The molecule has 250 valence electrons. The maximum Gasteiger partial charge on any atom is 0.416 e. The molecule has 6 rings (SSSR count). The molecule has 46 heavy (non-hydrogen) atoms. The van der Waals surface area contributed by atoms with Gasteiger partial charge in [0, 0.05) is 25.0 Å². The average molecular weight is 717 g/mol. The van der Waals surface area contributed by atoms with Crippen molar-refractivity contribution >= 4 is 33.9 Å². The zero-order valence-electron chi connectivity index (χ0n) is 27.0. The highest BCUT2D eigenvalue weighted by molar-refractivity contribution is 9.09. The van der Waals surface area contributed by atoms with Crippen LogP contribution in [0.2, 0.25) is 0 Å². The number of rotatable bonds is 8. The molecule has 2 saturated carbocycles. The minimum Gasteiger partial charge on any atom is -0.299 e. The lowest BCUT2D eigenvalue weighted by atomic mass is 9.84. The first-order valence-corrected chi connectivity index (χ1v) is 18.3. The number of aryl methyl sites for hydroxylation is 1. The van der Waals surface area contributed by atoms with Gasteiger partial charge in [0.1, 0.15) is 0 Å². The van der Waals surface area contributed by atoms with Gasteiger partial charge < -0.3 is 0 Å². The predicted octanol–water partition coefficient (Wildman–Crippen LogP) is 12.2. The fourth-order valence-electron chi connectivity index (χ4n) is 7.25. The molecule has 1 aliphatic heterocycles. The van der Waals surface area contributed by atoms with Crippen LogP contribution in [0.25, 0.3) is 5.57 Å². The molecular formula is C40H50BrClF3N. The quantitative estimate of drug-likeness (QED) is 0.210. The third-order valence-corrected chi connectivity index (χ3v) is 10.5. The van der Waals surface area contributed by atoms with Crippen LogP contribution in [0, 0.1) is 0 Å². The maximum atomic E-state index is 13.0. The summed E-state index contributed by atoms with van der Waals surface area (Å²) in [6, 6.07) is 24.1. The van der Waals surface area contributed by atoms with E-state index in [1.165, 1.54) is 93.0 Å². The molecule has 0 radical (unpaired) electrons. The molecule has 3 aromatic rings. The van der Waals surface area contributed by atoms with Crippen molar-refractivity contribution in [3.05, 3.63) is 112 Å². The Morgan fingerprint density at radius 1 is 0.696 bits per heavy atom. The van der Waals surface area contributed by atoms with Crippen LogP contribution < -0.4 is 0 Å². The Bertz CT molecular complexity index is 1340. The summed E-state index contributed by atoms with van der Waals surface area (Å²) in [4.78, 5) is 2.38. The van der Waals surface area contributed by atoms with Gasteiger partial charge in [-0.25, -0.2) is 0 Å². The molecule has 0 aromatic heterocycles. The summed E-state index contributed by atoms with van der Waals surface area (Å²) in [5.41, 5.74) is 7.02. The topological polar surface area (TPSA) is 3.24 Å². The second-order valence-corrected chi connectivity index (χ2v) is 14.0. The summed E-state index contributed by atoms with van der Waals surface area (Å²) >= 11 is 3.48. The van der Waals surface area contributed by atoms with E-state index in [4.69, 9.17) is 0 Å². The van der Waals surface area contributed by atoms with Gasteiger partial charge in [-0.05, 0) is 102 Å². The zero-order valence-corrected chi connectivity index (χ0v) is 29.5. The molecule has 0 bridgehead atoms. The summed E-state index contributed by atoms with van der Waals surface area (Å²) in [7, 11) is 0. The lowest BCUT2D eigenvalue weighted by molar-refractivity contribution is -0.137. The van der Waals surface area contributed by atoms with Crippen LogP contribution in [-0.2, 0) is 19.0 Å². The number of hydrogen-bond donors (Lipinski definition) is 0. The lowest BCUT2D eigenvalue weighted by Crippen LogP contribution is -2.30. The molecule has 1 nitrogen and oxygen atoms in total. The van der Waals surface area contributed by atoms with Crippen LogP contribution >= 0.6 is 28.3 Å². The van der Waals surface area contributed by atoms with Gasteiger partial charge in [0.05, 0.1) is 5.56 Å². The van der Waals surface area contributed by atoms with Crippen molar-refractivity contribution in [2.24, 2.45) is 0 Å². The first kappa shape index (κ1) is 36.8. The fraction of sp³-hybridized carbons (Fsp3) is 0.500. The third-order valence-electron chi connectivity index (χ3n) is 10.1. The number of hydrogen-bond acceptors (Lipinski definition) is 1. The van der Waals surface area contributed by atoms with Crippen molar-refractivity contribution in [1.82, 2.24) is 4.90 Å². The molecule has 0 saturated heterocycles. The molecule has 0 amide bonds. The smallest absolute Gasteiger partial charge is 0.299 e. The second-order valence-electron chi connectivity index (χ2n) is 13.2. The number of benzene rings is 3. The largest absolute Gasteiger partial charge is 0.416 e. The third kappa shape index (κ3) is 11.0. The molecule has 1 heterocycles. The Morgan fingerprint density at radius 3 is 1.72 bits per heavy atom. The first-order chi connectivity index (χ1) is 21.9. The van der Waals surface area contributed by atoms with Crippen molar-refractivity contribution in [3.8, 4) is 0 Å². The van der Waals surface area contributed by atoms with E-state index in [9.17, 15) is 13.2 Å². The Labute approximate surface area is 289 Å². The Kier molecular flexibility index (Phi) is 14.7. The highest BCUT2D eigenvalue weighted by atomic mass is 79.9. The molecule has 0 spiro atoms. The standard InChI is InChI=1S/C26H30F3N.C14H19Br.ClH/c27-26(28,29)25-8-4-7-24(19-25)23-14-17-30(18-15-23)16-13-20-9-11-22(12-10-20)21-5-2-1-3-6-21;15-11-10-12-6-8-14(9-7-12)13-4-2-1-3-5-13;/h4,7-12,14,19,21H,1-3,5-6,13,15-18H2;6-9,13H,1-5,10-11H2;1H. The minimum absolute atomic E-state index is 0. The summed E-state index contributed by atoms with van der Waals surface area (Å²) in [5.74, 6) is 1.59. The van der Waals surface area contributed by atoms with Crippen LogP contribution in [0.4, 0.5) is 13.2 Å². The van der Waals surface area contributed by atoms with Gasteiger partial charge in [-0.1, -0.05) is 121 Å². The van der Waals surface area contributed by atoms with Crippen molar-refractivity contribution in [1.29, 1.82) is 0 Å². The van der Waals surface area contributed by atoms with Gasteiger partial charge in [-0.2, -0.15) is 13.2 Å². The molecule has 2 fully saturated rings. The minimum atomic E-state index is -4.29. The van der Waals surface area contributed by atoms with E-state index >= 15 is 0 Å². The molecule has 3 aromatic carbocycles. The van der Waals surface area contributed by atoms with Gasteiger partial charge in [0.2, 0.25) is 0 Å². The first-order valence-electron chi connectivity index (χ1n) is 17.2. The van der Waals surface area contributed by atoms with Crippen LogP contribution in [0.5, 0.6) is 0 Å². The summed E-state index contributed by atoms with van der Waals surface area (Å²) in [6.07, 6.45) is 14.6. The molecule has 0 unspecified atom stereocenters. The second kappa shape index (κ2) is 18.5. The van der Waals surface area contributed by atoms with Gasteiger partial charge in [-0.3, -0.25) is 4.90 Å².